The number of anilines is 1. The van der Waals surface area contributed by atoms with Gasteiger partial charge in [-0.3, -0.25) is 4.79 Å². The summed E-state index contributed by atoms with van der Waals surface area (Å²) in [5.41, 5.74) is 0.443. The molecule has 0 aliphatic carbocycles. The second-order valence-electron chi connectivity index (χ2n) is 3.04. The third-order valence-electron chi connectivity index (χ3n) is 1.91. The summed E-state index contributed by atoms with van der Waals surface area (Å²) >= 11 is 0. The summed E-state index contributed by atoms with van der Waals surface area (Å²) in [6.45, 7) is -0.124. The first-order valence-corrected chi connectivity index (χ1v) is 5.61. The minimum atomic E-state index is -3.74. The Labute approximate surface area is 86.1 Å². The van der Waals surface area contributed by atoms with Crippen molar-refractivity contribution in [2.75, 3.05) is 11.9 Å². The predicted molar refractivity (Wildman–Crippen MR) is 51.9 cm³/mol. The SMILES string of the molecule is NS(=O)(=O)c1ccc2c(c1)OCC(=O)N2. The molecule has 1 amide bonds. The van der Waals surface area contributed by atoms with Gasteiger partial charge in [-0.05, 0) is 12.1 Å². The fourth-order valence-corrected chi connectivity index (χ4v) is 1.76. The van der Waals surface area contributed by atoms with Crippen LogP contribution in [0.2, 0.25) is 0 Å². The molecule has 2 rings (SSSR count). The van der Waals surface area contributed by atoms with Crippen molar-refractivity contribution < 1.29 is 17.9 Å². The molecule has 0 unspecified atom stereocenters. The van der Waals surface area contributed by atoms with Crippen LogP contribution in [0.15, 0.2) is 23.1 Å². The molecule has 0 radical (unpaired) electrons. The number of ether oxygens (including phenoxy) is 1. The number of rotatable bonds is 1. The summed E-state index contributed by atoms with van der Waals surface area (Å²) in [6, 6.07) is 4.03. The lowest BCUT2D eigenvalue weighted by Crippen LogP contribution is -2.25. The van der Waals surface area contributed by atoms with Crippen LogP contribution in [0.5, 0.6) is 5.75 Å². The van der Waals surface area contributed by atoms with E-state index in [9.17, 15) is 13.2 Å². The van der Waals surface area contributed by atoms with Crippen LogP contribution in [0, 0.1) is 0 Å². The van der Waals surface area contributed by atoms with Crippen molar-refractivity contribution in [2.24, 2.45) is 5.14 Å². The van der Waals surface area contributed by atoms with Gasteiger partial charge in [0.05, 0.1) is 10.6 Å². The van der Waals surface area contributed by atoms with Crippen molar-refractivity contribution >= 4 is 21.6 Å². The molecule has 1 aromatic rings. The third-order valence-corrected chi connectivity index (χ3v) is 2.83. The first-order valence-electron chi connectivity index (χ1n) is 4.06. The molecular formula is C8H8N2O4S. The third kappa shape index (κ3) is 1.92. The van der Waals surface area contributed by atoms with E-state index in [1.54, 1.807) is 0 Å². The number of amides is 1. The minimum Gasteiger partial charge on any atom is -0.482 e. The Hall–Kier alpha value is -1.60. The number of benzene rings is 1. The number of carbonyl (C=O) groups is 1. The molecule has 1 heterocycles. The van der Waals surface area contributed by atoms with Gasteiger partial charge in [-0.15, -0.1) is 0 Å². The highest BCUT2D eigenvalue weighted by Gasteiger charge is 2.18. The number of carbonyl (C=O) groups excluding carboxylic acids is 1. The van der Waals surface area contributed by atoms with E-state index in [4.69, 9.17) is 9.88 Å². The fourth-order valence-electron chi connectivity index (χ4n) is 1.23. The van der Waals surface area contributed by atoms with E-state index in [-0.39, 0.29) is 17.4 Å². The largest absolute Gasteiger partial charge is 0.482 e. The second-order valence-corrected chi connectivity index (χ2v) is 4.60. The average molecular weight is 228 g/mol. The first-order chi connectivity index (χ1) is 6.97. The van der Waals surface area contributed by atoms with Crippen LogP contribution in [0.4, 0.5) is 5.69 Å². The van der Waals surface area contributed by atoms with Gasteiger partial charge >= 0.3 is 0 Å². The number of sulfonamides is 1. The van der Waals surface area contributed by atoms with Gasteiger partial charge < -0.3 is 10.1 Å². The van der Waals surface area contributed by atoms with Crippen molar-refractivity contribution in [3.8, 4) is 5.75 Å². The molecule has 6 nitrogen and oxygen atoms in total. The average Bonchev–Trinajstić information content (AvgIpc) is 2.15. The Kier molecular flexibility index (Phi) is 2.13. The second kappa shape index (κ2) is 3.21. The standard InChI is InChI=1S/C8H8N2O4S/c9-15(12,13)5-1-2-6-7(3-5)14-4-8(11)10-6/h1-3H,4H2,(H,10,11)(H2,9,12,13). The Morgan fingerprint density at radius 2 is 2.13 bits per heavy atom. The number of nitrogens with one attached hydrogen (secondary N) is 1. The van der Waals surface area contributed by atoms with Crippen molar-refractivity contribution in [3.63, 3.8) is 0 Å². The molecule has 1 aromatic carbocycles. The summed E-state index contributed by atoms with van der Waals surface area (Å²) in [4.78, 5) is 10.9. The normalized spacial score (nSPS) is 15.1. The Bertz CT molecular complexity index is 523. The monoisotopic (exact) mass is 228 g/mol. The lowest BCUT2D eigenvalue weighted by molar-refractivity contribution is -0.118. The van der Waals surface area contributed by atoms with Crippen LogP contribution in [-0.4, -0.2) is 20.9 Å². The van der Waals surface area contributed by atoms with Gasteiger partial charge in [0.1, 0.15) is 5.75 Å². The zero-order valence-electron chi connectivity index (χ0n) is 7.56. The summed E-state index contributed by atoms with van der Waals surface area (Å²) in [5.74, 6) is 0.0342. The van der Waals surface area contributed by atoms with Gasteiger partial charge in [0.2, 0.25) is 10.0 Å². The van der Waals surface area contributed by atoms with Gasteiger partial charge in [-0.25, -0.2) is 13.6 Å². The molecule has 0 bridgehead atoms. The van der Waals surface area contributed by atoms with Crippen LogP contribution in [0.25, 0.3) is 0 Å². The molecule has 1 aliphatic rings. The van der Waals surface area contributed by atoms with E-state index in [1.807, 2.05) is 0 Å². The summed E-state index contributed by atoms with van der Waals surface area (Å²) in [5, 5.41) is 7.49. The topological polar surface area (TPSA) is 98.5 Å². The van der Waals surface area contributed by atoms with Crippen LogP contribution in [0.1, 0.15) is 0 Å². The molecule has 0 atom stereocenters. The van der Waals surface area contributed by atoms with E-state index in [2.05, 4.69) is 5.32 Å². The van der Waals surface area contributed by atoms with Gasteiger partial charge in [0.15, 0.2) is 6.61 Å². The van der Waals surface area contributed by atoms with E-state index in [0.717, 1.165) is 0 Å². The molecular weight excluding hydrogens is 220 g/mol. The maximum atomic E-state index is 11.0. The molecule has 15 heavy (non-hydrogen) atoms. The van der Waals surface area contributed by atoms with Gasteiger partial charge in [0, 0.05) is 6.07 Å². The molecule has 0 fully saturated rings. The molecule has 80 valence electrons. The highest BCUT2D eigenvalue weighted by Crippen LogP contribution is 2.29. The number of hydrogen-bond acceptors (Lipinski definition) is 4. The zero-order valence-corrected chi connectivity index (χ0v) is 8.37. The van der Waals surface area contributed by atoms with Crippen LogP contribution in [-0.2, 0) is 14.8 Å². The maximum absolute atomic E-state index is 11.0. The van der Waals surface area contributed by atoms with Crippen LogP contribution >= 0.6 is 0 Å². The van der Waals surface area contributed by atoms with E-state index in [0.29, 0.717) is 11.4 Å². The lowest BCUT2D eigenvalue weighted by atomic mass is 10.2. The van der Waals surface area contributed by atoms with Gasteiger partial charge in [-0.1, -0.05) is 0 Å². The lowest BCUT2D eigenvalue weighted by Gasteiger charge is -2.17. The minimum absolute atomic E-state index is 0.0441. The summed E-state index contributed by atoms with van der Waals surface area (Å²) < 4.78 is 27.1. The van der Waals surface area contributed by atoms with Crippen LogP contribution < -0.4 is 15.2 Å². The fraction of sp³-hybridized carbons (Fsp3) is 0.125. The van der Waals surface area contributed by atoms with E-state index < -0.39 is 10.0 Å². The molecule has 0 saturated heterocycles. The number of hydrogen-bond donors (Lipinski definition) is 2. The molecule has 0 spiro atoms. The molecule has 0 saturated carbocycles. The van der Waals surface area contributed by atoms with Gasteiger partial charge in [-0.2, -0.15) is 0 Å². The molecule has 7 heteroatoms. The van der Waals surface area contributed by atoms with Crippen LogP contribution in [0.3, 0.4) is 0 Å². The first kappa shape index (κ1) is 9.94. The zero-order chi connectivity index (χ0) is 11.1. The Balaban J connectivity index is 2.48. The van der Waals surface area contributed by atoms with Crippen molar-refractivity contribution in [3.05, 3.63) is 18.2 Å². The Morgan fingerprint density at radius 1 is 1.40 bits per heavy atom. The quantitative estimate of drug-likeness (QED) is 0.687. The van der Waals surface area contributed by atoms with E-state index >= 15 is 0 Å². The number of nitrogens with two attached hydrogens (primary N) is 1. The highest BCUT2D eigenvalue weighted by molar-refractivity contribution is 7.89. The smallest absolute Gasteiger partial charge is 0.262 e. The number of primary sulfonamides is 1. The predicted octanol–water partition coefficient (Wildman–Crippen LogP) is -0.335. The number of fused-ring (bicyclic) bond motifs is 1. The maximum Gasteiger partial charge on any atom is 0.262 e. The molecule has 1 aliphatic heterocycles. The Morgan fingerprint density at radius 3 is 2.80 bits per heavy atom. The summed E-state index contributed by atoms with van der Waals surface area (Å²) in [7, 11) is -3.74. The van der Waals surface area contributed by atoms with Gasteiger partial charge in [0.25, 0.3) is 5.91 Å². The van der Waals surface area contributed by atoms with E-state index in [1.165, 1.54) is 18.2 Å². The summed E-state index contributed by atoms with van der Waals surface area (Å²) in [6.07, 6.45) is 0. The molecule has 3 N–H and O–H groups in total. The molecule has 0 aromatic heterocycles. The van der Waals surface area contributed by atoms with Crippen molar-refractivity contribution in [1.82, 2.24) is 0 Å². The van der Waals surface area contributed by atoms with Crippen molar-refractivity contribution in [1.29, 1.82) is 0 Å². The van der Waals surface area contributed by atoms with Crippen molar-refractivity contribution in [2.45, 2.75) is 4.90 Å². The highest BCUT2D eigenvalue weighted by atomic mass is 32.2.